The molecule has 0 aromatic carbocycles. The fraction of sp³-hybridized carbons (Fsp3) is 0.167. The van der Waals surface area contributed by atoms with E-state index >= 15 is 0 Å². The third-order valence-electron chi connectivity index (χ3n) is 2.69. The summed E-state index contributed by atoms with van der Waals surface area (Å²) in [5, 5.41) is 1.04. The molecule has 0 unspecified atom stereocenters. The first-order valence-corrected chi connectivity index (χ1v) is 5.99. The highest BCUT2D eigenvalue weighted by molar-refractivity contribution is 9.10. The quantitative estimate of drug-likeness (QED) is 0.691. The predicted molar refractivity (Wildman–Crippen MR) is 68.6 cm³/mol. The first-order chi connectivity index (χ1) is 8.16. The summed E-state index contributed by atoms with van der Waals surface area (Å²) in [5.74, 6) is 1.31. The molecule has 0 aliphatic heterocycles. The maximum Gasteiger partial charge on any atom is 0.197 e. The summed E-state index contributed by atoms with van der Waals surface area (Å²) in [5.41, 5.74) is 1.84. The van der Waals surface area contributed by atoms with Gasteiger partial charge in [0.2, 0.25) is 0 Å². The van der Waals surface area contributed by atoms with E-state index in [0.717, 1.165) is 21.2 Å². The van der Waals surface area contributed by atoms with Crippen molar-refractivity contribution in [2.45, 2.75) is 6.92 Å². The number of hydrogen-bond donors (Lipinski definition) is 0. The molecule has 0 atom stereocenters. The normalized spacial score (nSPS) is 11.2. The lowest BCUT2D eigenvalue weighted by Crippen LogP contribution is -1.95. The maximum atomic E-state index is 5.32. The Morgan fingerprint density at radius 2 is 2.18 bits per heavy atom. The monoisotopic (exact) mass is 291 g/mol. The van der Waals surface area contributed by atoms with Gasteiger partial charge in [0.05, 0.1) is 17.3 Å². The van der Waals surface area contributed by atoms with Gasteiger partial charge in [-0.15, -0.1) is 0 Å². The van der Waals surface area contributed by atoms with E-state index in [1.54, 1.807) is 6.26 Å². The van der Waals surface area contributed by atoms with E-state index in [9.17, 15) is 0 Å². The summed E-state index contributed by atoms with van der Waals surface area (Å²) in [4.78, 5) is 9.00. The van der Waals surface area contributed by atoms with Crippen molar-refractivity contribution in [1.82, 2.24) is 14.5 Å². The van der Waals surface area contributed by atoms with Gasteiger partial charge < -0.3 is 8.98 Å². The number of aromatic nitrogens is 3. The average molecular weight is 292 g/mol. The van der Waals surface area contributed by atoms with Crippen LogP contribution in [0.2, 0.25) is 0 Å². The summed E-state index contributed by atoms with van der Waals surface area (Å²) in [6.07, 6.45) is 3.61. The van der Waals surface area contributed by atoms with Gasteiger partial charge in [-0.05, 0) is 35.0 Å². The number of aryl methyl sites for hydroxylation is 2. The van der Waals surface area contributed by atoms with Gasteiger partial charge in [0.1, 0.15) is 5.65 Å². The molecule has 0 fully saturated rings. The van der Waals surface area contributed by atoms with Crippen molar-refractivity contribution in [3.63, 3.8) is 0 Å². The van der Waals surface area contributed by atoms with Crippen LogP contribution in [0.3, 0.4) is 0 Å². The number of furan rings is 1. The van der Waals surface area contributed by atoms with Crippen molar-refractivity contribution in [2.75, 3.05) is 0 Å². The van der Waals surface area contributed by atoms with E-state index < -0.39 is 0 Å². The summed E-state index contributed by atoms with van der Waals surface area (Å²) >= 11 is 3.52. The Balaban J connectivity index is 2.34. The van der Waals surface area contributed by atoms with Gasteiger partial charge in [-0.1, -0.05) is 0 Å². The molecule has 86 valence electrons. The summed E-state index contributed by atoms with van der Waals surface area (Å²) in [7, 11) is 1.96. The minimum absolute atomic E-state index is 0.619. The van der Waals surface area contributed by atoms with Crippen molar-refractivity contribution in [1.29, 1.82) is 0 Å². The fourth-order valence-corrected chi connectivity index (χ4v) is 2.68. The zero-order valence-electron chi connectivity index (χ0n) is 9.44. The second kappa shape index (κ2) is 3.70. The summed E-state index contributed by atoms with van der Waals surface area (Å²) in [6, 6.07) is 3.69. The van der Waals surface area contributed by atoms with E-state index in [1.165, 1.54) is 0 Å². The Labute approximate surface area is 106 Å². The van der Waals surface area contributed by atoms with Gasteiger partial charge in [-0.25, -0.2) is 9.97 Å². The van der Waals surface area contributed by atoms with Crippen LogP contribution >= 0.6 is 15.9 Å². The Morgan fingerprint density at radius 3 is 2.88 bits per heavy atom. The van der Waals surface area contributed by atoms with Crippen LogP contribution in [0, 0.1) is 6.92 Å². The summed E-state index contributed by atoms with van der Waals surface area (Å²) in [6.45, 7) is 1.97. The smallest absolute Gasteiger partial charge is 0.197 e. The largest absolute Gasteiger partial charge is 0.461 e. The number of fused-ring (bicyclic) bond motifs is 1. The lowest BCUT2D eigenvalue weighted by Gasteiger charge is -2.01. The van der Waals surface area contributed by atoms with Gasteiger partial charge in [0, 0.05) is 17.7 Å². The van der Waals surface area contributed by atoms with Crippen molar-refractivity contribution in [3.05, 3.63) is 34.8 Å². The molecule has 0 saturated carbocycles. The molecule has 3 aromatic heterocycles. The molecule has 0 saturated heterocycles. The summed E-state index contributed by atoms with van der Waals surface area (Å²) < 4.78 is 8.31. The zero-order chi connectivity index (χ0) is 12.0. The molecule has 3 rings (SSSR count). The van der Waals surface area contributed by atoms with Crippen LogP contribution in [-0.4, -0.2) is 14.5 Å². The molecule has 5 heteroatoms. The minimum Gasteiger partial charge on any atom is -0.461 e. The van der Waals surface area contributed by atoms with E-state index in [-0.39, 0.29) is 0 Å². The zero-order valence-corrected chi connectivity index (χ0v) is 11.0. The van der Waals surface area contributed by atoms with E-state index in [1.807, 2.05) is 36.9 Å². The van der Waals surface area contributed by atoms with E-state index in [2.05, 4.69) is 25.9 Å². The fourth-order valence-electron chi connectivity index (χ4n) is 1.90. The molecule has 0 N–H and O–H groups in total. The molecule has 0 aliphatic rings. The third-order valence-corrected chi connectivity index (χ3v) is 3.29. The van der Waals surface area contributed by atoms with Crippen molar-refractivity contribution >= 4 is 27.0 Å². The highest BCUT2D eigenvalue weighted by atomic mass is 79.9. The first-order valence-electron chi connectivity index (χ1n) is 5.20. The molecule has 0 bridgehead atoms. The Bertz CT molecular complexity index is 685. The van der Waals surface area contributed by atoms with Gasteiger partial charge in [-0.3, -0.25) is 0 Å². The molecule has 3 heterocycles. The first kappa shape index (κ1) is 10.5. The van der Waals surface area contributed by atoms with Gasteiger partial charge in [0.15, 0.2) is 11.6 Å². The molecule has 0 aliphatic carbocycles. The van der Waals surface area contributed by atoms with Crippen LogP contribution < -0.4 is 0 Å². The van der Waals surface area contributed by atoms with Gasteiger partial charge >= 0.3 is 0 Å². The van der Waals surface area contributed by atoms with Crippen LogP contribution in [-0.2, 0) is 7.05 Å². The number of rotatable bonds is 1. The van der Waals surface area contributed by atoms with Crippen LogP contribution in [0.25, 0.3) is 22.6 Å². The van der Waals surface area contributed by atoms with Crippen LogP contribution in [0.4, 0.5) is 0 Å². The van der Waals surface area contributed by atoms with Crippen LogP contribution in [0.5, 0.6) is 0 Å². The minimum atomic E-state index is 0.619. The number of nitrogens with zero attached hydrogens (tertiary/aromatic N) is 3. The Hall–Kier alpha value is -1.62. The Kier molecular flexibility index (Phi) is 2.29. The number of hydrogen-bond acceptors (Lipinski definition) is 3. The lowest BCUT2D eigenvalue weighted by molar-refractivity contribution is 0.577. The predicted octanol–water partition coefficient (Wildman–Crippen LogP) is 3.30. The maximum absolute atomic E-state index is 5.32. The highest BCUT2D eigenvalue weighted by Crippen LogP contribution is 2.28. The molecular weight excluding hydrogens is 282 g/mol. The van der Waals surface area contributed by atoms with Crippen molar-refractivity contribution in [2.24, 2.45) is 7.05 Å². The second-order valence-electron chi connectivity index (χ2n) is 3.90. The number of halogens is 1. The second-order valence-corrected chi connectivity index (χ2v) is 4.75. The molecule has 3 aromatic rings. The molecule has 4 nitrogen and oxygen atoms in total. The molecular formula is C12H10BrN3O. The van der Waals surface area contributed by atoms with Crippen molar-refractivity contribution < 1.29 is 4.42 Å². The van der Waals surface area contributed by atoms with E-state index in [4.69, 9.17) is 4.42 Å². The standard InChI is InChI=1S/C12H10BrN3O/c1-7-10-8(13)6-16(2)12(10)15-11(14-7)9-4-3-5-17-9/h3-6H,1-2H3. The van der Waals surface area contributed by atoms with Crippen LogP contribution in [0.1, 0.15) is 5.69 Å². The van der Waals surface area contributed by atoms with Crippen LogP contribution in [0.15, 0.2) is 33.5 Å². The molecule has 0 amide bonds. The topological polar surface area (TPSA) is 43.9 Å². The Morgan fingerprint density at radius 1 is 1.35 bits per heavy atom. The highest BCUT2D eigenvalue weighted by Gasteiger charge is 2.13. The van der Waals surface area contributed by atoms with Gasteiger partial charge in [-0.2, -0.15) is 0 Å². The van der Waals surface area contributed by atoms with E-state index in [0.29, 0.717) is 11.6 Å². The lowest BCUT2D eigenvalue weighted by atomic mass is 10.3. The van der Waals surface area contributed by atoms with Gasteiger partial charge in [0.25, 0.3) is 0 Å². The molecule has 0 radical (unpaired) electrons. The SMILES string of the molecule is Cc1nc(-c2ccco2)nc2c1c(Br)cn2C. The third kappa shape index (κ3) is 1.58. The molecule has 17 heavy (non-hydrogen) atoms. The average Bonchev–Trinajstić information content (AvgIpc) is 2.88. The van der Waals surface area contributed by atoms with Crippen molar-refractivity contribution in [3.8, 4) is 11.6 Å². The molecule has 0 spiro atoms.